The summed E-state index contributed by atoms with van der Waals surface area (Å²) < 4.78 is 5.24. The van der Waals surface area contributed by atoms with E-state index in [9.17, 15) is 4.79 Å². The summed E-state index contributed by atoms with van der Waals surface area (Å²) in [6, 6.07) is 9.64. The van der Waals surface area contributed by atoms with E-state index in [2.05, 4.69) is 16.8 Å². The lowest BCUT2D eigenvalue weighted by atomic mass is 10.0. The molecule has 2 rings (SSSR count). The summed E-state index contributed by atoms with van der Waals surface area (Å²) in [4.78, 5) is 16.7. The minimum atomic E-state index is -0.269. The number of ether oxygens (including phenoxy) is 1. The van der Waals surface area contributed by atoms with Crippen LogP contribution in [0.3, 0.4) is 0 Å². The van der Waals surface area contributed by atoms with Gasteiger partial charge in [0.1, 0.15) is 6.04 Å². The van der Waals surface area contributed by atoms with Crippen LogP contribution in [0.2, 0.25) is 0 Å². The van der Waals surface area contributed by atoms with Crippen molar-refractivity contribution >= 4 is 5.97 Å². The smallest absolute Gasteiger partial charge is 0.328 e. The Labute approximate surface area is 115 Å². The summed E-state index contributed by atoms with van der Waals surface area (Å²) in [6.45, 7) is 6.05. The first-order chi connectivity index (χ1) is 9.22. The maximum Gasteiger partial charge on any atom is 0.328 e. The molecule has 0 amide bonds. The Morgan fingerprint density at radius 1 is 1.21 bits per heavy atom. The Hall–Kier alpha value is -1.39. The fourth-order valence-electron chi connectivity index (χ4n) is 2.43. The monoisotopic (exact) mass is 262 g/mol. The Kier molecular flexibility index (Phi) is 4.93. The van der Waals surface area contributed by atoms with Crippen molar-refractivity contribution in [1.29, 1.82) is 0 Å². The van der Waals surface area contributed by atoms with Gasteiger partial charge in [-0.2, -0.15) is 0 Å². The zero-order chi connectivity index (χ0) is 13.7. The number of benzene rings is 1. The number of rotatable bonds is 4. The summed E-state index contributed by atoms with van der Waals surface area (Å²) in [5, 5.41) is 0. The predicted octanol–water partition coefficient (Wildman–Crippen LogP) is 1.54. The zero-order valence-corrected chi connectivity index (χ0v) is 11.7. The standard InChI is InChI=1S/C15H22N2O2/c1-3-19-15(18)14(13-7-5-4-6-8-13)17-11-9-16(2)10-12-17/h4-8,14H,3,9-12H2,1-2H3. The molecule has 4 heteroatoms. The van der Waals surface area contributed by atoms with Gasteiger partial charge in [0.05, 0.1) is 6.61 Å². The van der Waals surface area contributed by atoms with Gasteiger partial charge in [-0.25, -0.2) is 4.79 Å². The quantitative estimate of drug-likeness (QED) is 0.771. The third-order valence-corrected chi connectivity index (χ3v) is 3.53. The number of carbonyl (C=O) groups is 1. The van der Waals surface area contributed by atoms with Crippen LogP contribution in [0.1, 0.15) is 18.5 Å². The van der Waals surface area contributed by atoms with E-state index in [1.54, 1.807) is 0 Å². The van der Waals surface area contributed by atoms with E-state index in [1.807, 2.05) is 37.3 Å². The number of hydrogen-bond donors (Lipinski definition) is 0. The number of esters is 1. The van der Waals surface area contributed by atoms with E-state index >= 15 is 0 Å². The van der Waals surface area contributed by atoms with Crippen LogP contribution in [0.5, 0.6) is 0 Å². The van der Waals surface area contributed by atoms with Crippen LogP contribution in [-0.4, -0.2) is 55.6 Å². The van der Waals surface area contributed by atoms with Crippen molar-refractivity contribution in [2.45, 2.75) is 13.0 Å². The largest absolute Gasteiger partial charge is 0.465 e. The van der Waals surface area contributed by atoms with Crippen molar-refractivity contribution in [1.82, 2.24) is 9.80 Å². The first kappa shape index (κ1) is 14.0. The number of likely N-dealkylation sites (N-methyl/N-ethyl adjacent to an activating group) is 1. The number of piperazine rings is 1. The highest BCUT2D eigenvalue weighted by Gasteiger charge is 2.30. The molecule has 0 aliphatic carbocycles. The van der Waals surface area contributed by atoms with Gasteiger partial charge in [-0.1, -0.05) is 30.3 Å². The van der Waals surface area contributed by atoms with Crippen molar-refractivity contribution in [2.24, 2.45) is 0 Å². The van der Waals surface area contributed by atoms with Gasteiger partial charge >= 0.3 is 5.97 Å². The van der Waals surface area contributed by atoms with Crippen LogP contribution in [-0.2, 0) is 9.53 Å². The molecule has 0 bridgehead atoms. The summed E-state index contributed by atoms with van der Waals surface area (Å²) in [5.74, 6) is -0.141. The summed E-state index contributed by atoms with van der Waals surface area (Å²) in [7, 11) is 2.11. The van der Waals surface area contributed by atoms with Gasteiger partial charge in [0.2, 0.25) is 0 Å². The average Bonchev–Trinajstić information content (AvgIpc) is 2.43. The second-order valence-electron chi connectivity index (χ2n) is 4.90. The molecule has 1 aliphatic heterocycles. The minimum absolute atomic E-state index is 0.141. The Balaban J connectivity index is 2.17. The molecule has 1 fully saturated rings. The van der Waals surface area contributed by atoms with E-state index in [0.717, 1.165) is 31.7 Å². The normalized spacial score (nSPS) is 19.1. The predicted molar refractivity (Wildman–Crippen MR) is 74.9 cm³/mol. The Bertz CT molecular complexity index is 400. The van der Waals surface area contributed by atoms with Crippen molar-refractivity contribution < 1.29 is 9.53 Å². The number of nitrogens with zero attached hydrogens (tertiary/aromatic N) is 2. The highest BCUT2D eigenvalue weighted by Crippen LogP contribution is 2.23. The van der Waals surface area contributed by atoms with Crippen molar-refractivity contribution in [3.05, 3.63) is 35.9 Å². The first-order valence-corrected chi connectivity index (χ1v) is 6.86. The molecule has 0 spiro atoms. The molecule has 1 heterocycles. The van der Waals surface area contributed by atoms with Crippen LogP contribution < -0.4 is 0 Å². The SMILES string of the molecule is CCOC(=O)C(c1ccccc1)N1CCN(C)CC1. The maximum absolute atomic E-state index is 12.2. The van der Waals surface area contributed by atoms with Gasteiger partial charge in [0.25, 0.3) is 0 Å². The lowest BCUT2D eigenvalue weighted by Crippen LogP contribution is -2.48. The highest BCUT2D eigenvalue weighted by atomic mass is 16.5. The van der Waals surface area contributed by atoms with Gasteiger partial charge in [0.15, 0.2) is 0 Å². The Morgan fingerprint density at radius 3 is 2.42 bits per heavy atom. The molecular weight excluding hydrogens is 240 g/mol. The fourth-order valence-corrected chi connectivity index (χ4v) is 2.43. The molecule has 4 nitrogen and oxygen atoms in total. The van der Waals surface area contributed by atoms with Crippen molar-refractivity contribution in [2.75, 3.05) is 39.8 Å². The maximum atomic E-state index is 12.2. The van der Waals surface area contributed by atoms with Crippen LogP contribution in [0.4, 0.5) is 0 Å². The molecule has 1 aromatic carbocycles. The van der Waals surface area contributed by atoms with Crippen molar-refractivity contribution in [3.63, 3.8) is 0 Å². The number of hydrogen-bond acceptors (Lipinski definition) is 4. The van der Waals surface area contributed by atoms with Gasteiger partial charge in [0, 0.05) is 26.2 Å². The minimum Gasteiger partial charge on any atom is -0.465 e. The highest BCUT2D eigenvalue weighted by molar-refractivity contribution is 5.77. The van der Waals surface area contributed by atoms with Crippen LogP contribution in [0, 0.1) is 0 Å². The zero-order valence-electron chi connectivity index (χ0n) is 11.7. The third-order valence-electron chi connectivity index (χ3n) is 3.53. The number of carbonyl (C=O) groups excluding carboxylic acids is 1. The molecule has 1 unspecified atom stereocenters. The molecule has 19 heavy (non-hydrogen) atoms. The molecule has 0 aromatic heterocycles. The molecule has 104 valence electrons. The van der Waals surface area contributed by atoms with Crippen LogP contribution in [0.25, 0.3) is 0 Å². The fraction of sp³-hybridized carbons (Fsp3) is 0.533. The second-order valence-corrected chi connectivity index (χ2v) is 4.90. The second kappa shape index (κ2) is 6.68. The lowest BCUT2D eigenvalue weighted by Gasteiger charge is -2.36. The van der Waals surface area contributed by atoms with Crippen molar-refractivity contribution in [3.8, 4) is 0 Å². The molecule has 1 aliphatic rings. The lowest BCUT2D eigenvalue weighted by molar-refractivity contribution is -0.150. The van der Waals surface area contributed by atoms with E-state index in [1.165, 1.54) is 0 Å². The molecular formula is C15H22N2O2. The van der Waals surface area contributed by atoms with E-state index in [-0.39, 0.29) is 12.0 Å². The average molecular weight is 262 g/mol. The molecule has 0 saturated carbocycles. The molecule has 0 radical (unpaired) electrons. The van der Waals surface area contributed by atoms with Crippen LogP contribution >= 0.6 is 0 Å². The molecule has 0 N–H and O–H groups in total. The van der Waals surface area contributed by atoms with Gasteiger partial charge in [-0.05, 0) is 19.5 Å². The van der Waals surface area contributed by atoms with E-state index < -0.39 is 0 Å². The molecule has 1 aromatic rings. The summed E-state index contributed by atoms with van der Waals surface area (Å²) in [5.41, 5.74) is 1.02. The van der Waals surface area contributed by atoms with E-state index in [4.69, 9.17) is 4.74 Å². The summed E-state index contributed by atoms with van der Waals surface area (Å²) in [6.07, 6.45) is 0. The van der Waals surface area contributed by atoms with Gasteiger partial charge < -0.3 is 9.64 Å². The first-order valence-electron chi connectivity index (χ1n) is 6.86. The molecule has 1 atom stereocenters. The topological polar surface area (TPSA) is 32.8 Å². The Morgan fingerprint density at radius 2 is 1.84 bits per heavy atom. The van der Waals surface area contributed by atoms with E-state index in [0.29, 0.717) is 6.61 Å². The third kappa shape index (κ3) is 3.55. The summed E-state index contributed by atoms with van der Waals surface area (Å²) >= 11 is 0. The van der Waals surface area contributed by atoms with Gasteiger partial charge in [-0.15, -0.1) is 0 Å². The molecule has 1 saturated heterocycles. The van der Waals surface area contributed by atoms with Crippen LogP contribution in [0.15, 0.2) is 30.3 Å². The van der Waals surface area contributed by atoms with Gasteiger partial charge in [-0.3, -0.25) is 4.90 Å².